The normalized spacial score (nSPS) is 11.7. The molecule has 1 rings (SSSR count). The van der Waals surface area contributed by atoms with E-state index in [1.54, 1.807) is 0 Å². The Morgan fingerprint density at radius 3 is 2.63 bits per heavy atom. The fourth-order valence-electron chi connectivity index (χ4n) is 1.57. The van der Waals surface area contributed by atoms with E-state index in [-0.39, 0.29) is 18.1 Å². The lowest BCUT2D eigenvalue weighted by atomic mass is 10.0. The largest absolute Gasteiger partial charge is 0.497 e. The fourth-order valence-corrected chi connectivity index (χ4v) is 1.57. The first kappa shape index (κ1) is 17.7. The van der Waals surface area contributed by atoms with Gasteiger partial charge in [-0.2, -0.15) is 0 Å². The Labute approximate surface area is 118 Å². The Morgan fingerprint density at radius 2 is 2.11 bits per heavy atom. The van der Waals surface area contributed by atoms with E-state index < -0.39 is 17.8 Å². The maximum atomic E-state index is 13.5. The van der Waals surface area contributed by atoms with Crippen LogP contribution in [0.25, 0.3) is 0 Å². The summed E-state index contributed by atoms with van der Waals surface area (Å²) in [6.45, 7) is 3.94. The van der Waals surface area contributed by atoms with Gasteiger partial charge in [-0.25, -0.2) is 4.39 Å². The number of nitrogens with two attached hydrogens (primary N) is 1. The third kappa shape index (κ3) is 5.44. The predicted molar refractivity (Wildman–Crippen MR) is 76.3 cm³/mol. The molecule has 0 radical (unpaired) electrons. The predicted octanol–water partition coefficient (Wildman–Crippen LogP) is 2.57. The van der Waals surface area contributed by atoms with E-state index in [0.29, 0.717) is 18.1 Å². The van der Waals surface area contributed by atoms with Crippen molar-refractivity contribution in [1.29, 1.82) is 0 Å². The molecule has 1 atom stereocenters. The van der Waals surface area contributed by atoms with Crippen molar-refractivity contribution in [1.82, 2.24) is 0 Å². The van der Waals surface area contributed by atoms with Gasteiger partial charge in [-0.3, -0.25) is 4.79 Å². The van der Waals surface area contributed by atoms with Gasteiger partial charge in [-0.15, -0.1) is 12.4 Å². The van der Waals surface area contributed by atoms with E-state index in [0.717, 1.165) is 0 Å². The zero-order chi connectivity index (χ0) is 13.7. The van der Waals surface area contributed by atoms with Gasteiger partial charge in [0.15, 0.2) is 0 Å². The van der Waals surface area contributed by atoms with Gasteiger partial charge in [0.25, 0.3) is 0 Å². The molecule has 1 amide bonds. The number of nitrogens with one attached hydrogen (secondary N) is 1. The van der Waals surface area contributed by atoms with Crippen LogP contribution in [0.15, 0.2) is 18.2 Å². The van der Waals surface area contributed by atoms with Gasteiger partial charge in [-0.1, -0.05) is 13.8 Å². The van der Waals surface area contributed by atoms with Crippen LogP contribution in [0.5, 0.6) is 5.75 Å². The van der Waals surface area contributed by atoms with Crippen LogP contribution < -0.4 is 15.8 Å². The molecular formula is C13H20ClFN2O2. The molecule has 0 bridgehead atoms. The number of hydrogen-bond donors (Lipinski definition) is 2. The van der Waals surface area contributed by atoms with Crippen molar-refractivity contribution in [2.24, 2.45) is 11.7 Å². The van der Waals surface area contributed by atoms with E-state index in [2.05, 4.69) is 5.32 Å². The molecule has 0 unspecified atom stereocenters. The molecule has 0 aromatic heterocycles. The van der Waals surface area contributed by atoms with Crippen molar-refractivity contribution < 1.29 is 13.9 Å². The Kier molecular flexibility index (Phi) is 7.41. The zero-order valence-electron chi connectivity index (χ0n) is 11.3. The summed E-state index contributed by atoms with van der Waals surface area (Å²) in [4.78, 5) is 11.8. The van der Waals surface area contributed by atoms with Crippen LogP contribution in [0.4, 0.5) is 10.1 Å². The van der Waals surface area contributed by atoms with Gasteiger partial charge >= 0.3 is 0 Å². The van der Waals surface area contributed by atoms with Crippen LogP contribution in [0.1, 0.15) is 20.3 Å². The monoisotopic (exact) mass is 290 g/mol. The lowest BCUT2D eigenvalue weighted by Gasteiger charge is -2.15. The van der Waals surface area contributed by atoms with Crippen molar-refractivity contribution >= 4 is 24.0 Å². The average molecular weight is 291 g/mol. The first-order valence-electron chi connectivity index (χ1n) is 5.84. The molecule has 1 aromatic rings. The van der Waals surface area contributed by atoms with Crippen LogP contribution in [-0.2, 0) is 4.79 Å². The lowest BCUT2D eigenvalue weighted by molar-refractivity contribution is -0.117. The Balaban J connectivity index is 0.00000324. The number of hydrogen-bond acceptors (Lipinski definition) is 3. The van der Waals surface area contributed by atoms with Gasteiger partial charge in [0, 0.05) is 6.07 Å². The second-order valence-electron chi connectivity index (χ2n) is 4.57. The second kappa shape index (κ2) is 7.96. The topological polar surface area (TPSA) is 64.3 Å². The highest BCUT2D eigenvalue weighted by Gasteiger charge is 2.16. The molecule has 19 heavy (non-hydrogen) atoms. The Bertz CT molecular complexity index is 427. The molecule has 0 fully saturated rings. The van der Waals surface area contributed by atoms with Gasteiger partial charge in [0.05, 0.1) is 18.8 Å². The van der Waals surface area contributed by atoms with Crippen molar-refractivity contribution in [2.45, 2.75) is 26.3 Å². The molecule has 0 heterocycles. The van der Waals surface area contributed by atoms with Crippen molar-refractivity contribution in [3.63, 3.8) is 0 Å². The molecule has 0 spiro atoms. The highest BCUT2D eigenvalue weighted by molar-refractivity contribution is 5.94. The first-order chi connectivity index (χ1) is 8.43. The summed E-state index contributed by atoms with van der Waals surface area (Å²) in [5, 5.41) is 2.47. The highest BCUT2D eigenvalue weighted by Crippen LogP contribution is 2.21. The van der Waals surface area contributed by atoms with Crippen LogP contribution in [0, 0.1) is 11.7 Å². The van der Waals surface area contributed by atoms with E-state index in [1.165, 1.54) is 25.3 Å². The number of halogens is 2. The third-order valence-electron chi connectivity index (χ3n) is 2.49. The molecule has 3 N–H and O–H groups in total. The van der Waals surface area contributed by atoms with Crippen LogP contribution in [0.2, 0.25) is 0 Å². The summed E-state index contributed by atoms with van der Waals surface area (Å²) in [7, 11) is 1.48. The summed E-state index contributed by atoms with van der Waals surface area (Å²) in [5.74, 6) is -0.123. The minimum atomic E-state index is -0.643. The number of methoxy groups -OCH3 is 1. The Hall–Kier alpha value is -1.33. The van der Waals surface area contributed by atoms with Crippen molar-refractivity contribution in [2.75, 3.05) is 12.4 Å². The number of anilines is 1. The zero-order valence-corrected chi connectivity index (χ0v) is 12.1. The van der Waals surface area contributed by atoms with E-state index in [1.807, 2.05) is 13.8 Å². The second-order valence-corrected chi connectivity index (χ2v) is 4.57. The standard InChI is InChI=1S/C13H19FN2O2.ClH/c1-8(2)6-11(15)13(17)16-12-7-9(18-3)4-5-10(12)14;/h4-5,7-8,11H,6,15H2,1-3H3,(H,16,17);1H/t11-;/m0./s1. The number of rotatable bonds is 5. The molecule has 1 aromatic carbocycles. The molecule has 0 saturated carbocycles. The molecule has 0 aliphatic rings. The van der Waals surface area contributed by atoms with E-state index in [9.17, 15) is 9.18 Å². The van der Waals surface area contributed by atoms with Gasteiger partial charge in [-0.05, 0) is 24.5 Å². The van der Waals surface area contributed by atoms with E-state index in [4.69, 9.17) is 10.5 Å². The molecule has 6 heteroatoms. The SMILES string of the molecule is COc1ccc(F)c(NC(=O)[C@@H](N)CC(C)C)c1.Cl. The number of ether oxygens (including phenoxy) is 1. The van der Waals surface area contributed by atoms with Crippen LogP contribution in [0.3, 0.4) is 0 Å². The molecule has 0 saturated heterocycles. The van der Waals surface area contributed by atoms with Crippen molar-refractivity contribution in [3.8, 4) is 5.75 Å². The highest BCUT2D eigenvalue weighted by atomic mass is 35.5. The summed E-state index contributed by atoms with van der Waals surface area (Å²) in [6.07, 6.45) is 0.553. The fraction of sp³-hybridized carbons (Fsp3) is 0.462. The smallest absolute Gasteiger partial charge is 0.241 e. The molecular weight excluding hydrogens is 271 g/mol. The minimum Gasteiger partial charge on any atom is -0.497 e. The number of benzene rings is 1. The van der Waals surface area contributed by atoms with Crippen molar-refractivity contribution in [3.05, 3.63) is 24.0 Å². The summed E-state index contributed by atoms with van der Waals surface area (Å²) in [6, 6.07) is 3.51. The molecule has 0 aliphatic heterocycles. The maximum absolute atomic E-state index is 13.5. The lowest BCUT2D eigenvalue weighted by Crippen LogP contribution is -2.36. The number of carbonyl (C=O) groups is 1. The minimum absolute atomic E-state index is 0. The van der Waals surface area contributed by atoms with E-state index >= 15 is 0 Å². The first-order valence-corrected chi connectivity index (χ1v) is 5.84. The van der Waals surface area contributed by atoms with Gasteiger partial charge in [0.2, 0.25) is 5.91 Å². The summed E-state index contributed by atoms with van der Waals surface area (Å²) in [5.41, 5.74) is 5.80. The molecule has 4 nitrogen and oxygen atoms in total. The molecule has 0 aliphatic carbocycles. The maximum Gasteiger partial charge on any atom is 0.241 e. The van der Waals surface area contributed by atoms with Gasteiger partial charge < -0.3 is 15.8 Å². The van der Waals surface area contributed by atoms with Crippen LogP contribution >= 0.6 is 12.4 Å². The molecule has 108 valence electrons. The average Bonchev–Trinajstić information content (AvgIpc) is 2.31. The number of carbonyl (C=O) groups excluding carboxylic acids is 1. The quantitative estimate of drug-likeness (QED) is 0.876. The Morgan fingerprint density at radius 1 is 1.47 bits per heavy atom. The van der Waals surface area contributed by atoms with Crippen LogP contribution in [-0.4, -0.2) is 19.1 Å². The number of amides is 1. The third-order valence-corrected chi connectivity index (χ3v) is 2.49. The summed E-state index contributed by atoms with van der Waals surface area (Å²) < 4.78 is 18.4. The van der Waals surface area contributed by atoms with Gasteiger partial charge in [0.1, 0.15) is 11.6 Å². The summed E-state index contributed by atoms with van der Waals surface area (Å²) >= 11 is 0.